The number of aliphatic imine (C=N–C) groups is 1. The lowest BCUT2D eigenvalue weighted by atomic mass is 9.97. The summed E-state index contributed by atoms with van der Waals surface area (Å²) in [5.41, 5.74) is 9.33. The number of guanidine groups is 1. The van der Waals surface area contributed by atoms with Crippen LogP contribution in [0.3, 0.4) is 0 Å². The van der Waals surface area contributed by atoms with E-state index >= 15 is 0 Å². The molecule has 1 aromatic carbocycles. The number of carbonyl (C=O) groups excluding carboxylic acids is 1. The number of nitrogens with two attached hydrogens (primary N) is 1. The zero-order chi connectivity index (χ0) is 21.3. The first-order valence-electron chi connectivity index (χ1n) is 10.6. The van der Waals surface area contributed by atoms with Gasteiger partial charge in [-0.15, -0.1) is 24.0 Å². The first-order valence-corrected chi connectivity index (χ1v) is 11.6. The molecule has 31 heavy (non-hydrogen) atoms. The molecule has 170 valence electrons. The first-order chi connectivity index (χ1) is 14.5. The minimum absolute atomic E-state index is 0. The number of benzene rings is 1. The Bertz CT molecular complexity index is 842. The fraction of sp³-hybridized carbons (Fsp3) is 0.478. The second-order valence-corrected chi connectivity index (χ2v) is 8.84. The summed E-state index contributed by atoms with van der Waals surface area (Å²) in [7, 11) is 1.80. The Hall–Kier alpha value is -1.65. The van der Waals surface area contributed by atoms with Crippen molar-refractivity contribution in [2.45, 2.75) is 38.8 Å². The number of halogens is 1. The number of carbonyl (C=O) groups is 1. The molecule has 2 unspecified atom stereocenters. The van der Waals surface area contributed by atoms with Gasteiger partial charge in [0.05, 0.1) is 5.92 Å². The van der Waals surface area contributed by atoms with E-state index in [4.69, 9.17) is 5.73 Å². The third kappa shape index (κ3) is 8.08. The summed E-state index contributed by atoms with van der Waals surface area (Å²) in [5, 5.41) is 11.1. The van der Waals surface area contributed by atoms with Crippen LogP contribution in [0.15, 0.2) is 46.1 Å². The molecule has 0 aliphatic carbocycles. The van der Waals surface area contributed by atoms with Crippen molar-refractivity contribution in [2.75, 3.05) is 26.7 Å². The number of thiophene rings is 1. The summed E-state index contributed by atoms with van der Waals surface area (Å²) in [6, 6.07) is 10.8. The number of nitrogens with zero attached hydrogens (tertiary/aromatic N) is 2. The molecule has 2 atom stereocenters. The third-order valence-corrected chi connectivity index (χ3v) is 6.38. The van der Waals surface area contributed by atoms with Crippen LogP contribution < -0.4 is 16.4 Å². The van der Waals surface area contributed by atoms with Gasteiger partial charge in [-0.3, -0.25) is 14.7 Å². The fourth-order valence-electron chi connectivity index (χ4n) is 3.86. The van der Waals surface area contributed by atoms with Gasteiger partial charge in [0.15, 0.2) is 5.96 Å². The van der Waals surface area contributed by atoms with Gasteiger partial charge in [0, 0.05) is 33.2 Å². The van der Waals surface area contributed by atoms with E-state index < -0.39 is 0 Å². The maximum atomic E-state index is 11.5. The maximum Gasteiger partial charge on any atom is 0.221 e. The van der Waals surface area contributed by atoms with Crippen molar-refractivity contribution in [1.82, 2.24) is 15.5 Å². The number of primary amides is 1. The molecule has 0 spiro atoms. The highest BCUT2D eigenvalue weighted by Gasteiger charge is 2.23. The molecule has 0 bridgehead atoms. The number of hydrogen-bond donors (Lipinski definition) is 3. The van der Waals surface area contributed by atoms with Crippen LogP contribution in [0.25, 0.3) is 0 Å². The average molecular weight is 556 g/mol. The third-order valence-electron chi connectivity index (χ3n) is 5.68. The molecule has 0 radical (unpaired) electrons. The van der Waals surface area contributed by atoms with Gasteiger partial charge in [-0.25, -0.2) is 0 Å². The topological polar surface area (TPSA) is 82.8 Å². The van der Waals surface area contributed by atoms with E-state index in [1.54, 1.807) is 18.4 Å². The largest absolute Gasteiger partial charge is 0.369 e. The van der Waals surface area contributed by atoms with Crippen LogP contribution in [-0.4, -0.2) is 43.4 Å². The molecular formula is C23H34IN5OS. The van der Waals surface area contributed by atoms with Crippen molar-refractivity contribution in [3.63, 3.8) is 0 Å². The molecule has 1 amide bonds. The highest BCUT2D eigenvalue weighted by atomic mass is 127. The minimum atomic E-state index is -0.176. The van der Waals surface area contributed by atoms with E-state index in [1.807, 2.05) is 0 Å². The Morgan fingerprint density at radius 3 is 2.84 bits per heavy atom. The number of amides is 1. The average Bonchev–Trinajstić information content (AvgIpc) is 3.29. The van der Waals surface area contributed by atoms with Crippen LogP contribution in [-0.2, 0) is 17.9 Å². The lowest BCUT2D eigenvalue weighted by Gasteiger charge is -2.31. The molecule has 3 rings (SSSR count). The van der Waals surface area contributed by atoms with Gasteiger partial charge < -0.3 is 16.4 Å². The predicted molar refractivity (Wildman–Crippen MR) is 140 cm³/mol. The predicted octanol–water partition coefficient (Wildman–Crippen LogP) is 3.53. The first kappa shape index (κ1) is 25.6. The van der Waals surface area contributed by atoms with Crippen LogP contribution >= 0.6 is 35.3 Å². The summed E-state index contributed by atoms with van der Waals surface area (Å²) in [6.45, 7) is 6.40. The summed E-state index contributed by atoms with van der Waals surface area (Å²) >= 11 is 1.73. The summed E-state index contributed by atoms with van der Waals surface area (Å²) in [5.74, 6) is 1.05. The van der Waals surface area contributed by atoms with Gasteiger partial charge in [-0.1, -0.05) is 31.2 Å². The monoisotopic (exact) mass is 555 g/mol. The van der Waals surface area contributed by atoms with E-state index in [9.17, 15) is 4.79 Å². The Morgan fingerprint density at radius 2 is 2.13 bits per heavy atom. The number of hydrogen-bond acceptors (Lipinski definition) is 4. The smallest absolute Gasteiger partial charge is 0.221 e. The van der Waals surface area contributed by atoms with Crippen molar-refractivity contribution < 1.29 is 4.79 Å². The van der Waals surface area contributed by atoms with Crippen LogP contribution in [0.2, 0.25) is 0 Å². The normalized spacial score (nSPS) is 18.1. The SMILES string of the molecule is CN=C(NCc1cccc(CN2CCCC(C(N)=O)C2)c1)NCC(C)c1ccsc1.I. The van der Waals surface area contributed by atoms with Gasteiger partial charge in [0.2, 0.25) is 5.91 Å². The van der Waals surface area contributed by atoms with E-state index in [-0.39, 0.29) is 35.8 Å². The second-order valence-electron chi connectivity index (χ2n) is 8.06. The summed E-state index contributed by atoms with van der Waals surface area (Å²) in [4.78, 5) is 18.2. The molecule has 8 heteroatoms. The standard InChI is InChI=1S/C23H33N5OS.HI/c1-17(21-8-10-30-16-21)12-26-23(25-2)27-13-18-5-3-6-19(11-18)14-28-9-4-7-20(15-28)22(24)29;/h3,5-6,8,10-11,16-17,20H,4,7,9,12-15H2,1-2H3,(H2,24,29)(H2,25,26,27);1H. The second kappa shape index (κ2) is 13.0. The summed E-state index contributed by atoms with van der Waals surface area (Å²) in [6.07, 6.45) is 1.94. The number of nitrogens with one attached hydrogen (secondary N) is 2. The van der Waals surface area contributed by atoms with Gasteiger partial charge in [-0.2, -0.15) is 11.3 Å². The Kier molecular flexibility index (Phi) is 10.8. The molecule has 1 aliphatic rings. The van der Waals surface area contributed by atoms with Crippen LogP contribution in [0.5, 0.6) is 0 Å². The highest BCUT2D eigenvalue weighted by molar-refractivity contribution is 14.0. The molecule has 0 saturated carbocycles. The molecule has 6 nitrogen and oxygen atoms in total. The van der Waals surface area contributed by atoms with Crippen molar-refractivity contribution in [3.8, 4) is 0 Å². The van der Waals surface area contributed by atoms with E-state index in [0.29, 0.717) is 12.5 Å². The molecule has 1 aliphatic heterocycles. The zero-order valence-corrected chi connectivity index (χ0v) is 21.5. The van der Waals surface area contributed by atoms with Gasteiger partial charge in [0.25, 0.3) is 0 Å². The molecule has 4 N–H and O–H groups in total. The van der Waals surface area contributed by atoms with Crippen molar-refractivity contribution >= 4 is 47.2 Å². The van der Waals surface area contributed by atoms with Crippen molar-refractivity contribution in [2.24, 2.45) is 16.6 Å². The lowest BCUT2D eigenvalue weighted by molar-refractivity contribution is -0.123. The maximum absolute atomic E-state index is 11.5. The Labute approximate surface area is 206 Å². The van der Waals surface area contributed by atoms with Gasteiger partial charge in [-0.05, 0) is 58.8 Å². The molecule has 2 heterocycles. The zero-order valence-electron chi connectivity index (χ0n) is 18.3. The summed E-state index contributed by atoms with van der Waals surface area (Å²) < 4.78 is 0. The van der Waals surface area contributed by atoms with E-state index in [1.165, 1.54) is 16.7 Å². The van der Waals surface area contributed by atoms with Gasteiger partial charge in [0.1, 0.15) is 0 Å². The molecule has 1 saturated heterocycles. The van der Waals surface area contributed by atoms with Crippen LogP contribution in [0.4, 0.5) is 0 Å². The van der Waals surface area contributed by atoms with Gasteiger partial charge >= 0.3 is 0 Å². The molecular weight excluding hydrogens is 521 g/mol. The number of likely N-dealkylation sites (tertiary alicyclic amines) is 1. The molecule has 1 aromatic heterocycles. The van der Waals surface area contributed by atoms with Crippen molar-refractivity contribution in [1.29, 1.82) is 0 Å². The van der Waals surface area contributed by atoms with Crippen LogP contribution in [0.1, 0.15) is 42.4 Å². The Balaban J connectivity index is 0.00000341. The Morgan fingerprint density at radius 1 is 1.32 bits per heavy atom. The van der Waals surface area contributed by atoms with E-state index in [2.05, 4.69) is 68.5 Å². The fourth-order valence-corrected chi connectivity index (χ4v) is 4.64. The van der Waals surface area contributed by atoms with Crippen LogP contribution in [0, 0.1) is 5.92 Å². The number of piperidine rings is 1. The quantitative estimate of drug-likeness (QED) is 0.265. The number of rotatable bonds is 8. The van der Waals surface area contributed by atoms with E-state index in [0.717, 1.165) is 45.0 Å². The lowest BCUT2D eigenvalue weighted by Crippen LogP contribution is -2.40. The highest BCUT2D eigenvalue weighted by Crippen LogP contribution is 2.19. The molecule has 1 fully saturated rings. The molecule has 2 aromatic rings. The minimum Gasteiger partial charge on any atom is -0.369 e. The van der Waals surface area contributed by atoms with Crippen molar-refractivity contribution in [3.05, 3.63) is 57.8 Å².